The molecule has 1 aromatic heterocycles. The smallest absolute Gasteiger partial charge is 0.405 e. The summed E-state index contributed by atoms with van der Waals surface area (Å²) in [5.41, 5.74) is -0.387. The van der Waals surface area contributed by atoms with Gasteiger partial charge in [-0.15, -0.1) is 13.2 Å². The van der Waals surface area contributed by atoms with Crippen molar-refractivity contribution in [2.24, 2.45) is 0 Å². The fraction of sp³-hybridized carbons (Fsp3) is 0.278. The van der Waals surface area contributed by atoms with Crippen LogP contribution in [0.3, 0.4) is 0 Å². The first-order chi connectivity index (χ1) is 14.2. The molecule has 1 aromatic carbocycles. The number of amides is 2. The van der Waals surface area contributed by atoms with Gasteiger partial charge in [-0.25, -0.2) is 9.37 Å². The zero-order valence-corrected chi connectivity index (χ0v) is 16.8. The second kappa shape index (κ2) is 8.86. The van der Waals surface area contributed by atoms with Gasteiger partial charge in [0.1, 0.15) is 17.4 Å². The van der Waals surface area contributed by atoms with E-state index in [9.17, 15) is 27.2 Å². The number of halogens is 5. The summed E-state index contributed by atoms with van der Waals surface area (Å²) < 4.78 is 55.0. The van der Waals surface area contributed by atoms with Crippen molar-refractivity contribution in [3.8, 4) is 5.75 Å². The summed E-state index contributed by atoms with van der Waals surface area (Å²) in [7, 11) is 0. The Morgan fingerprint density at radius 3 is 2.47 bits per heavy atom. The lowest BCUT2D eigenvalue weighted by Crippen LogP contribution is -2.46. The van der Waals surface area contributed by atoms with Crippen molar-refractivity contribution in [1.82, 2.24) is 9.88 Å². The summed E-state index contributed by atoms with van der Waals surface area (Å²) in [4.78, 5) is 30.9. The topological polar surface area (TPSA) is 74.8 Å². The molecule has 0 aliphatic carbocycles. The molecule has 1 N–H and O–H groups in total. The van der Waals surface area contributed by atoms with Crippen LogP contribution in [0, 0.1) is 5.82 Å². The van der Waals surface area contributed by atoms with E-state index in [-0.39, 0.29) is 10.0 Å². The summed E-state index contributed by atoms with van der Waals surface area (Å²) in [5, 5.41) is 2.21. The van der Waals surface area contributed by atoms with Gasteiger partial charge in [-0.3, -0.25) is 9.59 Å². The molecule has 0 atom stereocenters. The summed E-state index contributed by atoms with van der Waals surface area (Å²) in [6.07, 6.45) is -2.91. The number of aromatic nitrogens is 1. The molecular formula is C18H15BrF4N4O3. The molecule has 3 rings (SSSR count). The summed E-state index contributed by atoms with van der Waals surface area (Å²) in [6, 6.07) is 4.56. The lowest BCUT2D eigenvalue weighted by molar-refractivity contribution is -0.274. The van der Waals surface area contributed by atoms with Crippen LogP contribution in [0.25, 0.3) is 0 Å². The number of piperazine rings is 1. The third-order valence-electron chi connectivity index (χ3n) is 4.29. The van der Waals surface area contributed by atoms with Crippen LogP contribution < -0.4 is 15.0 Å². The molecule has 2 aromatic rings. The molecule has 1 fully saturated rings. The van der Waals surface area contributed by atoms with E-state index in [1.807, 2.05) is 4.90 Å². The molecule has 0 radical (unpaired) electrons. The van der Waals surface area contributed by atoms with Crippen LogP contribution in [-0.4, -0.2) is 54.7 Å². The highest BCUT2D eigenvalue weighted by Crippen LogP contribution is 2.34. The molecular weight excluding hydrogens is 476 g/mol. The van der Waals surface area contributed by atoms with E-state index in [1.54, 1.807) is 11.0 Å². The molecule has 0 saturated carbocycles. The Labute approximate surface area is 176 Å². The Morgan fingerprint density at radius 2 is 1.90 bits per heavy atom. The van der Waals surface area contributed by atoms with E-state index in [0.29, 0.717) is 32.0 Å². The van der Waals surface area contributed by atoms with Gasteiger partial charge in [0.25, 0.3) is 5.91 Å². The van der Waals surface area contributed by atoms with E-state index >= 15 is 0 Å². The molecule has 0 bridgehead atoms. The molecule has 0 spiro atoms. The quantitative estimate of drug-likeness (QED) is 0.513. The van der Waals surface area contributed by atoms with E-state index in [4.69, 9.17) is 0 Å². The number of ether oxygens (including phenoxy) is 1. The number of anilines is 2. The van der Waals surface area contributed by atoms with E-state index in [0.717, 1.165) is 18.5 Å². The van der Waals surface area contributed by atoms with Crippen molar-refractivity contribution in [2.45, 2.75) is 6.36 Å². The van der Waals surface area contributed by atoms with Crippen molar-refractivity contribution in [1.29, 1.82) is 0 Å². The maximum atomic E-state index is 14.1. The fourth-order valence-corrected chi connectivity index (χ4v) is 3.18. The Balaban J connectivity index is 1.70. The monoisotopic (exact) mass is 490 g/mol. The lowest BCUT2D eigenvalue weighted by Gasteiger charge is -2.33. The van der Waals surface area contributed by atoms with Gasteiger partial charge >= 0.3 is 6.36 Å². The summed E-state index contributed by atoms with van der Waals surface area (Å²) in [5.74, 6) is -1.78. The third kappa shape index (κ3) is 5.38. The second-order valence-electron chi connectivity index (χ2n) is 6.30. The van der Waals surface area contributed by atoms with Gasteiger partial charge in [0.15, 0.2) is 0 Å². The van der Waals surface area contributed by atoms with Crippen LogP contribution in [0.4, 0.5) is 29.1 Å². The number of pyridine rings is 1. The zero-order chi connectivity index (χ0) is 21.9. The number of rotatable bonds is 5. The first kappa shape index (κ1) is 21.8. The molecule has 1 saturated heterocycles. The molecule has 2 heterocycles. The van der Waals surface area contributed by atoms with Gasteiger partial charge in [0.05, 0.1) is 15.7 Å². The summed E-state index contributed by atoms with van der Waals surface area (Å²) in [6.45, 7) is 2.28. The number of hydrogen-bond acceptors (Lipinski definition) is 5. The Kier molecular flexibility index (Phi) is 6.44. The minimum atomic E-state index is -4.97. The normalized spacial score (nSPS) is 14.4. The van der Waals surface area contributed by atoms with E-state index in [1.165, 1.54) is 12.3 Å². The van der Waals surface area contributed by atoms with Crippen LogP contribution in [0.1, 0.15) is 10.4 Å². The predicted octanol–water partition coefficient (Wildman–Crippen LogP) is 3.41. The molecule has 30 heavy (non-hydrogen) atoms. The number of hydrogen-bond donors (Lipinski definition) is 1. The average molecular weight is 491 g/mol. The minimum Gasteiger partial charge on any atom is -0.405 e. The molecule has 2 amide bonds. The fourth-order valence-electron chi connectivity index (χ4n) is 2.79. The highest BCUT2D eigenvalue weighted by atomic mass is 79.9. The second-order valence-corrected chi connectivity index (χ2v) is 7.15. The van der Waals surface area contributed by atoms with Gasteiger partial charge < -0.3 is 19.9 Å². The minimum absolute atomic E-state index is 0.0888. The highest BCUT2D eigenvalue weighted by molar-refractivity contribution is 9.10. The van der Waals surface area contributed by atoms with Crippen molar-refractivity contribution in [3.63, 3.8) is 0 Å². The van der Waals surface area contributed by atoms with E-state index in [2.05, 4.69) is 31.0 Å². The highest BCUT2D eigenvalue weighted by Gasteiger charge is 2.32. The predicted molar refractivity (Wildman–Crippen MR) is 103 cm³/mol. The van der Waals surface area contributed by atoms with Crippen LogP contribution in [0.15, 0.2) is 34.9 Å². The third-order valence-corrected chi connectivity index (χ3v) is 4.91. The number of carbonyl (C=O) groups is 2. The number of nitrogens with zero attached hydrogens (tertiary/aromatic N) is 3. The van der Waals surface area contributed by atoms with Crippen LogP contribution in [-0.2, 0) is 4.79 Å². The van der Waals surface area contributed by atoms with Crippen molar-refractivity contribution >= 4 is 39.8 Å². The molecule has 1 aliphatic heterocycles. The first-order valence-corrected chi connectivity index (χ1v) is 9.42. The maximum Gasteiger partial charge on any atom is 0.573 e. The number of carbonyl (C=O) groups excluding carboxylic acids is 2. The van der Waals surface area contributed by atoms with E-state index < -0.39 is 29.5 Å². The first-order valence-electron chi connectivity index (χ1n) is 8.63. The van der Waals surface area contributed by atoms with Gasteiger partial charge in [0, 0.05) is 38.4 Å². The largest absolute Gasteiger partial charge is 0.573 e. The van der Waals surface area contributed by atoms with Crippen LogP contribution >= 0.6 is 15.9 Å². The summed E-state index contributed by atoms with van der Waals surface area (Å²) >= 11 is 2.78. The Hall–Kier alpha value is -2.89. The average Bonchev–Trinajstić information content (AvgIpc) is 2.70. The Bertz CT molecular complexity index is 932. The lowest BCUT2D eigenvalue weighted by atomic mass is 10.2. The number of nitrogens with one attached hydrogen (secondary N) is 1. The Morgan fingerprint density at radius 1 is 1.20 bits per heavy atom. The number of benzene rings is 1. The van der Waals surface area contributed by atoms with Crippen LogP contribution in [0.5, 0.6) is 5.75 Å². The van der Waals surface area contributed by atoms with Gasteiger partial charge in [-0.1, -0.05) is 0 Å². The van der Waals surface area contributed by atoms with Gasteiger partial charge in [0.2, 0.25) is 6.41 Å². The zero-order valence-electron chi connectivity index (χ0n) is 15.2. The van der Waals surface area contributed by atoms with Crippen LogP contribution in [0.2, 0.25) is 0 Å². The van der Waals surface area contributed by atoms with Gasteiger partial charge in [-0.05, 0) is 34.1 Å². The van der Waals surface area contributed by atoms with Crippen molar-refractivity contribution in [2.75, 3.05) is 36.4 Å². The van der Waals surface area contributed by atoms with Crippen molar-refractivity contribution < 1.29 is 31.9 Å². The molecule has 1 aliphatic rings. The van der Waals surface area contributed by atoms with Gasteiger partial charge in [-0.2, -0.15) is 0 Å². The maximum absolute atomic E-state index is 14.1. The number of alkyl halides is 3. The standard InChI is InChI=1S/C18H15BrF4N4O3/c19-12-7-13(20)14(8-15(12)30-18(21,22)23)25-17(29)11-1-2-16(24-9-11)27-5-3-26(10-28)4-6-27/h1-2,7-10H,3-6H2,(H,25,29). The molecule has 7 nitrogen and oxygen atoms in total. The molecule has 160 valence electrons. The molecule has 12 heteroatoms. The SMILES string of the molecule is O=CN1CCN(c2ccc(C(=O)Nc3cc(OC(F)(F)F)c(Br)cc3F)cn2)CC1. The van der Waals surface area contributed by atoms with Crippen molar-refractivity contribution in [3.05, 3.63) is 46.3 Å². The molecule has 0 unspecified atom stereocenters.